The number of hydrogen-bond acceptors (Lipinski definition) is 3. The van der Waals surface area contributed by atoms with Crippen LogP contribution in [0.1, 0.15) is 33.1 Å². The molecule has 104 valence electrons. The van der Waals surface area contributed by atoms with E-state index in [9.17, 15) is 4.79 Å². The lowest BCUT2D eigenvalue weighted by Gasteiger charge is -2.28. The summed E-state index contributed by atoms with van der Waals surface area (Å²) in [6.07, 6.45) is 2.98. The highest BCUT2D eigenvalue weighted by Gasteiger charge is 2.33. The van der Waals surface area contributed by atoms with Crippen LogP contribution < -0.4 is 5.32 Å². The van der Waals surface area contributed by atoms with Gasteiger partial charge >= 0.3 is 0 Å². The van der Waals surface area contributed by atoms with Crippen LogP contribution in [0.3, 0.4) is 0 Å². The average Bonchev–Trinajstić information content (AvgIpc) is 2.99. The van der Waals surface area contributed by atoms with Gasteiger partial charge in [-0.15, -0.1) is 0 Å². The summed E-state index contributed by atoms with van der Waals surface area (Å²) in [6, 6.07) is 0.400. The first-order valence-corrected chi connectivity index (χ1v) is 7.33. The molecule has 0 aromatic rings. The predicted molar refractivity (Wildman–Crippen MR) is 71.4 cm³/mol. The smallest absolute Gasteiger partial charge is 0.222 e. The number of nitrogens with zero attached hydrogens (tertiary/aromatic N) is 1. The first-order chi connectivity index (χ1) is 8.74. The molecule has 1 amide bonds. The summed E-state index contributed by atoms with van der Waals surface area (Å²) in [7, 11) is 0. The maximum atomic E-state index is 12.0. The van der Waals surface area contributed by atoms with E-state index in [1.807, 2.05) is 0 Å². The Balaban J connectivity index is 1.89. The van der Waals surface area contributed by atoms with E-state index in [-0.39, 0.29) is 0 Å². The van der Waals surface area contributed by atoms with Crippen molar-refractivity contribution < 1.29 is 9.53 Å². The molecule has 4 nitrogen and oxygen atoms in total. The van der Waals surface area contributed by atoms with Crippen LogP contribution in [0.4, 0.5) is 0 Å². The summed E-state index contributed by atoms with van der Waals surface area (Å²) < 4.78 is 5.47. The van der Waals surface area contributed by atoms with E-state index in [4.69, 9.17) is 4.74 Å². The van der Waals surface area contributed by atoms with Crippen LogP contribution in [0.25, 0.3) is 0 Å². The van der Waals surface area contributed by atoms with Gasteiger partial charge in [-0.05, 0) is 18.9 Å². The highest BCUT2D eigenvalue weighted by atomic mass is 16.5. The molecule has 2 rings (SSSR count). The zero-order valence-electron chi connectivity index (χ0n) is 11.7. The van der Waals surface area contributed by atoms with Gasteiger partial charge in [-0.25, -0.2) is 0 Å². The van der Waals surface area contributed by atoms with E-state index in [1.54, 1.807) is 0 Å². The number of carbonyl (C=O) groups excluding carboxylic acids is 1. The quantitative estimate of drug-likeness (QED) is 0.776. The fourth-order valence-corrected chi connectivity index (χ4v) is 3.05. The molecule has 2 heterocycles. The number of carbonyl (C=O) groups is 1. The second-order valence-corrected chi connectivity index (χ2v) is 5.56. The molecular weight excluding hydrogens is 228 g/mol. The molecule has 0 aromatic carbocycles. The van der Waals surface area contributed by atoms with Crippen molar-refractivity contribution in [1.29, 1.82) is 0 Å². The number of rotatable bonds is 6. The highest BCUT2D eigenvalue weighted by molar-refractivity contribution is 5.78. The Bertz CT molecular complexity index is 277. The molecule has 2 saturated heterocycles. The lowest BCUT2D eigenvalue weighted by Crippen LogP contribution is -2.46. The lowest BCUT2D eigenvalue weighted by atomic mass is 9.98. The predicted octanol–water partition coefficient (Wildman–Crippen LogP) is 1.26. The summed E-state index contributed by atoms with van der Waals surface area (Å²) in [5, 5.41) is 3.53. The molecule has 2 aliphatic rings. The standard InChI is InChI=1S/C14H26N2O2/c1-3-11-7-14(17)16(8-11)9-13(15-4-2)12-5-6-18-10-12/h11-13,15H,3-10H2,1-2H3. The molecule has 1 N–H and O–H groups in total. The molecule has 18 heavy (non-hydrogen) atoms. The monoisotopic (exact) mass is 254 g/mol. The van der Waals surface area contributed by atoms with Gasteiger partial charge in [-0.2, -0.15) is 0 Å². The summed E-state index contributed by atoms with van der Waals surface area (Å²) in [6.45, 7) is 8.79. The summed E-state index contributed by atoms with van der Waals surface area (Å²) in [5.41, 5.74) is 0. The zero-order valence-corrected chi connectivity index (χ0v) is 11.7. The maximum absolute atomic E-state index is 12.0. The largest absolute Gasteiger partial charge is 0.381 e. The van der Waals surface area contributed by atoms with Gasteiger partial charge in [0, 0.05) is 38.1 Å². The molecule has 0 radical (unpaired) electrons. The van der Waals surface area contributed by atoms with E-state index in [0.717, 1.165) is 52.1 Å². The fraction of sp³-hybridized carbons (Fsp3) is 0.929. The molecule has 4 heteroatoms. The summed E-state index contributed by atoms with van der Waals surface area (Å²) in [4.78, 5) is 14.0. The molecule has 0 aliphatic carbocycles. The van der Waals surface area contributed by atoms with Gasteiger partial charge in [-0.3, -0.25) is 4.79 Å². The van der Waals surface area contributed by atoms with Crippen LogP contribution in [0.15, 0.2) is 0 Å². The topological polar surface area (TPSA) is 41.6 Å². The number of ether oxygens (including phenoxy) is 1. The van der Waals surface area contributed by atoms with Gasteiger partial charge in [0.15, 0.2) is 0 Å². The fourth-order valence-electron chi connectivity index (χ4n) is 3.05. The van der Waals surface area contributed by atoms with Crippen molar-refractivity contribution in [3.63, 3.8) is 0 Å². The first kappa shape index (κ1) is 13.8. The Morgan fingerprint density at radius 3 is 2.89 bits per heavy atom. The van der Waals surface area contributed by atoms with E-state index in [2.05, 4.69) is 24.1 Å². The van der Waals surface area contributed by atoms with Crippen molar-refractivity contribution in [1.82, 2.24) is 10.2 Å². The average molecular weight is 254 g/mol. The van der Waals surface area contributed by atoms with Gasteiger partial charge in [0.25, 0.3) is 0 Å². The van der Waals surface area contributed by atoms with E-state index in [1.165, 1.54) is 0 Å². The van der Waals surface area contributed by atoms with Crippen LogP contribution in [-0.4, -0.2) is 49.7 Å². The minimum Gasteiger partial charge on any atom is -0.381 e. The van der Waals surface area contributed by atoms with Crippen LogP contribution in [0.2, 0.25) is 0 Å². The minimum absolute atomic E-state index is 0.337. The SMILES string of the molecule is CCNC(CN1CC(CC)CC1=O)C1CCOC1. The third-order valence-electron chi connectivity index (χ3n) is 4.29. The van der Waals surface area contributed by atoms with Crippen molar-refractivity contribution >= 4 is 5.91 Å². The van der Waals surface area contributed by atoms with Gasteiger partial charge in [0.1, 0.15) is 0 Å². The number of likely N-dealkylation sites (N-methyl/N-ethyl adjacent to an activating group) is 1. The van der Waals surface area contributed by atoms with Gasteiger partial charge in [0.05, 0.1) is 6.61 Å². The second kappa shape index (κ2) is 6.53. The maximum Gasteiger partial charge on any atom is 0.222 e. The van der Waals surface area contributed by atoms with E-state index < -0.39 is 0 Å². The van der Waals surface area contributed by atoms with Gasteiger partial charge in [-0.1, -0.05) is 20.3 Å². The number of nitrogens with one attached hydrogen (secondary N) is 1. The Morgan fingerprint density at radius 1 is 1.50 bits per heavy atom. The second-order valence-electron chi connectivity index (χ2n) is 5.56. The van der Waals surface area contributed by atoms with E-state index in [0.29, 0.717) is 23.8 Å². The third kappa shape index (κ3) is 3.23. The van der Waals surface area contributed by atoms with Crippen molar-refractivity contribution in [2.75, 3.05) is 32.8 Å². The lowest BCUT2D eigenvalue weighted by molar-refractivity contribution is -0.128. The Kier molecular flexibility index (Phi) is 5.01. The van der Waals surface area contributed by atoms with E-state index >= 15 is 0 Å². The first-order valence-electron chi connectivity index (χ1n) is 7.33. The molecule has 2 aliphatic heterocycles. The minimum atomic E-state index is 0.337. The van der Waals surface area contributed by atoms with Crippen LogP contribution in [0.5, 0.6) is 0 Å². The summed E-state index contributed by atoms with van der Waals surface area (Å²) >= 11 is 0. The highest BCUT2D eigenvalue weighted by Crippen LogP contribution is 2.23. The van der Waals surface area contributed by atoms with Crippen molar-refractivity contribution in [2.45, 2.75) is 39.2 Å². The number of likely N-dealkylation sites (tertiary alicyclic amines) is 1. The van der Waals surface area contributed by atoms with Gasteiger partial charge < -0.3 is 15.0 Å². The molecule has 3 atom stereocenters. The molecular formula is C14H26N2O2. The molecule has 0 spiro atoms. The van der Waals surface area contributed by atoms with Crippen LogP contribution >= 0.6 is 0 Å². The molecule has 2 fully saturated rings. The van der Waals surface area contributed by atoms with Crippen LogP contribution in [0, 0.1) is 11.8 Å². The molecule has 0 saturated carbocycles. The van der Waals surface area contributed by atoms with Crippen molar-refractivity contribution in [3.8, 4) is 0 Å². The Morgan fingerprint density at radius 2 is 2.33 bits per heavy atom. The summed E-state index contributed by atoms with van der Waals surface area (Å²) in [5.74, 6) is 1.47. The van der Waals surface area contributed by atoms with Crippen LogP contribution in [-0.2, 0) is 9.53 Å². The number of hydrogen-bond donors (Lipinski definition) is 1. The Labute approximate surface area is 110 Å². The normalized spacial score (nSPS) is 30.1. The molecule has 0 aromatic heterocycles. The zero-order chi connectivity index (χ0) is 13.0. The third-order valence-corrected chi connectivity index (χ3v) is 4.29. The number of amides is 1. The Hall–Kier alpha value is -0.610. The van der Waals surface area contributed by atoms with Gasteiger partial charge in [0.2, 0.25) is 5.91 Å². The molecule has 3 unspecified atom stereocenters. The van der Waals surface area contributed by atoms with Crippen molar-refractivity contribution in [2.24, 2.45) is 11.8 Å². The van der Waals surface area contributed by atoms with Crippen molar-refractivity contribution in [3.05, 3.63) is 0 Å². The molecule has 0 bridgehead atoms.